The van der Waals surface area contributed by atoms with Crippen LogP contribution in [0.2, 0.25) is 0 Å². The molecule has 20 heavy (non-hydrogen) atoms. The number of rotatable bonds is 4. The maximum Gasteiger partial charge on any atom is 0.338 e. The Hall–Kier alpha value is -2.75. The quantitative estimate of drug-likeness (QED) is 0.900. The summed E-state index contributed by atoms with van der Waals surface area (Å²) in [5.74, 6) is -0.822. The molecule has 0 atom stereocenters. The summed E-state index contributed by atoms with van der Waals surface area (Å²) < 4.78 is 1.27. The smallest absolute Gasteiger partial charge is 0.338 e. The van der Waals surface area contributed by atoms with Gasteiger partial charge < -0.3 is 5.11 Å². The van der Waals surface area contributed by atoms with E-state index in [1.807, 2.05) is 13.8 Å². The van der Waals surface area contributed by atoms with E-state index in [1.54, 1.807) is 0 Å². The second-order valence-corrected chi connectivity index (χ2v) is 4.12. The molecule has 2 aromatic heterocycles. The molecule has 7 nitrogen and oxygen atoms in total. The summed E-state index contributed by atoms with van der Waals surface area (Å²) in [5.41, 5.74) is 2.03. The summed E-state index contributed by atoms with van der Waals surface area (Å²) in [4.78, 5) is 10.9. The highest BCUT2D eigenvalue weighted by molar-refractivity contribution is 5.87. The van der Waals surface area contributed by atoms with Crippen molar-refractivity contribution in [3.8, 4) is 11.9 Å². The summed E-state index contributed by atoms with van der Waals surface area (Å²) in [5, 5.41) is 30.3. The van der Waals surface area contributed by atoms with Gasteiger partial charge in [0, 0.05) is 6.20 Å². The average Bonchev–Trinajstić information content (AvgIpc) is 2.95. The molecule has 0 amide bonds. The largest absolute Gasteiger partial charge is 0.478 e. The number of aromatic carboxylic acids is 1. The molecule has 0 unspecified atom stereocenters. The highest BCUT2D eigenvalue weighted by Gasteiger charge is 2.17. The summed E-state index contributed by atoms with van der Waals surface area (Å²) in [6.07, 6.45) is 3.87. The molecule has 102 valence electrons. The Morgan fingerprint density at radius 2 is 2.15 bits per heavy atom. The van der Waals surface area contributed by atoms with Crippen molar-refractivity contribution in [2.45, 2.75) is 26.7 Å². The minimum atomic E-state index is -1.08. The maximum absolute atomic E-state index is 10.9. The molecule has 2 heterocycles. The highest BCUT2D eigenvalue weighted by atomic mass is 16.4. The fraction of sp³-hybridized carbons (Fsp3) is 0.308. The lowest BCUT2D eigenvalue weighted by Gasteiger charge is -2.09. The van der Waals surface area contributed by atoms with Crippen LogP contribution in [0.15, 0.2) is 12.4 Å². The Morgan fingerprint density at radius 1 is 1.40 bits per heavy atom. The van der Waals surface area contributed by atoms with Gasteiger partial charge in [0.25, 0.3) is 0 Å². The average molecular weight is 271 g/mol. The van der Waals surface area contributed by atoms with Gasteiger partial charge in [-0.15, -0.1) is 5.10 Å². The van der Waals surface area contributed by atoms with Crippen molar-refractivity contribution in [1.82, 2.24) is 20.0 Å². The molecule has 7 heteroatoms. The predicted octanol–water partition coefficient (Wildman–Crippen LogP) is 1.36. The van der Waals surface area contributed by atoms with Crippen LogP contribution in [0.1, 0.15) is 41.0 Å². The molecule has 0 aromatic carbocycles. The molecule has 2 aromatic rings. The number of aromatic nitrogens is 4. The van der Waals surface area contributed by atoms with Gasteiger partial charge in [0.05, 0.1) is 17.5 Å². The van der Waals surface area contributed by atoms with Crippen molar-refractivity contribution in [1.29, 1.82) is 5.26 Å². The summed E-state index contributed by atoms with van der Waals surface area (Å²) in [6.45, 7) is 3.88. The first kappa shape index (κ1) is 13.7. The van der Waals surface area contributed by atoms with Gasteiger partial charge in [-0.05, 0) is 18.4 Å². The molecule has 0 spiro atoms. The molecular formula is C13H13N5O2. The zero-order valence-electron chi connectivity index (χ0n) is 11.2. The molecule has 0 saturated heterocycles. The zero-order chi connectivity index (χ0) is 14.7. The summed E-state index contributed by atoms with van der Waals surface area (Å²) >= 11 is 0. The van der Waals surface area contributed by atoms with Gasteiger partial charge in [0.15, 0.2) is 5.82 Å². The minimum Gasteiger partial charge on any atom is -0.478 e. The normalized spacial score (nSPS) is 10.2. The molecule has 0 saturated carbocycles. The first-order valence-electron chi connectivity index (χ1n) is 6.19. The minimum absolute atomic E-state index is 0.0355. The molecule has 0 aliphatic carbocycles. The van der Waals surface area contributed by atoms with Gasteiger partial charge in [-0.1, -0.05) is 13.8 Å². The number of carboxylic acids is 1. The van der Waals surface area contributed by atoms with Gasteiger partial charge in [0.2, 0.25) is 0 Å². The van der Waals surface area contributed by atoms with Crippen LogP contribution in [0, 0.1) is 11.3 Å². The zero-order valence-corrected chi connectivity index (χ0v) is 11.2. The van der Waals surface area contributed by atoms with E-state index in [4.69, 9.17) is 5.11 Å². The van der Waals surface area contributed by atoms with Gasteiger partial charge >= 0.3 is 5.97 Å². The lowest BCUT2D eigenvalue weighted by molar-refractivity contribution is 0.0697. The number of hydrogen-bond acceptors (Lipinski definition) is 5. The van der Waals surface area contributed by atoms with Gasteiger partial charge in [-0.25, -0.2) is 9.48 Å². The van der Waals surface area contributed by atoms with Crippen molar-refractivity contribution in [3.63, 3.8) is 0 Å². The second kappa shape index (κ2) is 5.48. The van der Waals surface area contributed by atoms with Gasteiger partial charge in [0.1, 0.15) is 11.6 Å². The van der Waals surface area contributed by atoms with Gasteiger partial charge in [-0.2, -0.15) is 15.5 Å². The monoisotopic (exact) mass is 271 g/mol. The third-order valence-corrected chi connectivity index (χ3v) is 2.99. The van der Waals surface area contributed by atoms with Crippen molar-refractivity contribution in [2.75, 3.05) is 0 Å². The molecule has 2 rings (SSSR count). The van der Waals surface area contributed by atoms with Crippen LogP contribution in [0.5, 0.6) is 0 Å². The number of aryl methyl sites for hydroxylation is 1. The fourth-order valence-corrected chi connectivity index (χ4v) is 1.99. The molecular weight excluding hydrogens is 258 g/mol. The Kier molecular flexibility index (Phi) is 3.75. The third-order valence-electron chi connectivity index (χ3n) is 2.99. The summed E-state index contributed by atoms with van der Waals surface area (Å²) in [7, 11) is 0. The van der Waals surface area contributed by atoms with Crippen LogP contribution >= 0.6 is 0 Å². The van der Waals surface area contributed by atoms with E-state index in [-0.39, 0.29) is 11.4 Å². The lowest BCUT2D eigenvalue weighted by atomic mass is 10.0. The van der Waals surface area contributed by atoms with Crippen LogP contribution in [0.25, 0.3) is 5.82 Å². The first-order chi connectivity index (χ1) is 9.62. The van der Waals surface area contributed by atoms with Crippen LogP contribution in [0.3, 0.4) is 0 Å². The van der Waals surface area contributed by atoms with E-state index >= 15 is 0 Å². The molecule has 0 fully saturated rings. The topological polar surface area (TPSA) is 105 Å². The summed E-state index contributed by atoms with van der Waals surface area (Å²) in [6, 6.07) is 2.12. The molecule has 0 radical (unpaired) electrons. The third kappa shape index (κ3) is 2.23. The van der Waals surface area contributed by atoms with Crippen molar-refractivity contribution >= 4 is 5.97 Å². The van der Waals surface area contributed by atoms with E-state index in [2.05, 4.69) is 21.4 Å². The number of nitrogens with zero attached hydrogens (tertiary/aromatic N) is 5. The van der Waals surface area contributed by atoms with Crippen molar-refractivity contribution < 1.29 is 9.90 Å². The standard InChI is InChI=1S/C13H13N5O2/c1-3-9-10(5-14)12(17-16-11(9)4-2)18-7-8(6-15-18)13(19)20/h6-7H,3-4H2,1-2H3,(H,19,20). The number of nitriles is 1. The molecule has 1 N–H and O–H groups in total. The number of hydrogen-bond donors (Lipinski definition) is 1. The van der Waals surface area contributed by atoms with E-state index in [1.165, 1.54) is 17.1 Å². The Morgan fingerprint density at radius 3 is 2.65 bits per heavy atom. The van der Waals surface area contributed by atoms with Crippen LogP contribution in [0.4, 0.5) is 0 Å². The Bertz CT molecular complexity index is 699. The molecule has 0 aliphatic heterocycles. The van der Waals surface area contributed by atoms with E-state index < -0.39 is 5.97 Å². The Balaban J connectivity index is 2.62. The Labute approximate surface area is 115 Å². The maximum atomic E-state index is 10.9. The highest BCUT2D eigenvalue weighted by Crippen LogP contribution is 2.19. The molecule has 0 bridgehead atoms. The number of carbonyl (C=O) groups is 1. The van der Waals surface area contributed by atoms with Crippen molar-refractivity contribution in [3.05, 3.63) is 34.8 Å². The SMILES string of the molecule is CCc1nnc(-n2cc(C(=O)O)cn2)c(C#N)c1CC. The van der Waals surface area contributed by atoms with E-state index in [0.717, 1.165) is 11.3 Å². The van der Waals surface area contributed by atoms with E-state index in [9.17, 15) is 10.1 Å². The lowest BCUT2D eigenvalue weighted by Crippen LogP contribution is -2.10. The van der Waals surface area contributed by atoms with Crippen molar-refractivity contribution in [2.24, 2.45) is 0 Å². The van der Waals surface area contributed by atoms with Crippen LogP contribution in [-0.4, -0.2) is 31.1 Å². The predicted molar refractivity (Wildman–Crippen MR) is 69.6 cm³/mol. The number of carboxylic acid groups (broad SMARTS) is 1. The fourth-order valence-electron chi connectivity index (χ4n) is 1.99. The van der Waals surface area contributed by atoms with Crippen LogP contribution in [-0.2, 0) is 12.8 Å². The second-order valence-electron chi connectivity index (χ2n) is 4.12. The molecule has 0 aliphatic rings. The van der Waals surface area contributed by atoms with Crippen LogP contribution < -0.4 is 0 Å². The van der Waals surface area contributed by atoms with Gasteiger partial charge in [-0.3, -0.25) is 0 Å². The van der Waals surface area contributed by atoms with E-state index in [0.29, 0.717) is 18.4 Å². The first-order valence-corrected chi connectivity index (χ1v) is 6.19.